The van der Waals surface area contributed by atoms with Crippen LogP contribution in [0.3, 0.4) is 0 Å². The average molecular weight is 375 g/mol. The van der Waals surface area contributed by atoms with Gasteiger partial charge in [-0.2, -0.15) is 0 Å². The Morgan fingerprint density at radius 1 is 0.741 bits per heavy atom. The lowest BCUT2D eigenvalue weighted by molar-refractivity contribution is 0.283. The molecule has 4 rings (SSSR count). The molecular weight excluding hydrogens is 356 g/mol. The van der Waals surface area contributed by atoms with E-state index in [0.29, 0.717) is 11.4 Å². The highest BCUT2D eigenvalue weighted by Crippen LogP contribution is 2.39. The largest absolute Gasteiger partial charge is 0.508 e. The Morgan fingerprint density at radius 3 is 2.19 bits per heavy atom. The third-order valence-electron chi connectivity index (χ3n) is 4.86. The van der Waals surface area contributed by atoms with Crippen LogP contribution in [0.5, 0.6) is 5.75 Å². The maximum atomic E-state index is 10.3. The minimum Gasteiger partial charge on any atom is -0.508 e. The van der Waals surface area contributed by atoms with Gasteiger partial charge in [0.15, 0.2) is 0 Å². The molecule has 0 aliphatic rings. The molecule has 0 radical (unpaired) electrons. The highest BCUT2D eigenvalue weighted by atomic mass is 35.5. The predicted molar refractivity (Wildman–Crippen MR) is 111 cm³/mol. The molecule has 0 heterocycles. The molecule has 0 aliphatic heterocycles. The van der Waals surface area contributed by atoms with Gasteiger partial charge in [-0.15, -0.1) is 0 Å². The number of hydrogen-bond acceptors (Lipinski definition) is 2. The maximum absolute atomic E-state index is 10.3. The Balaban J connectivity index is 1.87. The number of phenolic OH excluding ortho intramolecular Hbond substituents is 1. The van der Waals surface area contributed by atoms with E-state index in [9.17, 15) is 10.2 Å². The highest BCUT2D eigenvalue weighted by Gasteiger charge is 2.14. The molecule has 0 bridgehead atoms. The standard InChI is InChI=1S/C24H19ClO2/c25-22-14-19(15-26)20-8-4-5-9-21(20)24(22)17-10-11-23(27)18(13-17)12-16-6-2-1-3-7-16/h1-11,13-14,26-27H,12,15H2. The first kappa shape index (κ1) is 17.6. The predicted octanol–water partition coefficient (Wildman–Crippen LogP) is 5.95. The summed E-state index contributed by atoms with van der Waals surface area (Å²) in [5, 5.41) is 22.6. The first-order valence-electron chi connectivity index (χ1n) is 8.84. The van der Waals surface area contributed by atoms with E-state index in [4.69, 9.17) is 11.6 Å². The molecule has 0 atom stereocenters. The first-order chi connectivity index (χ1) is 13.2. The van der Waals surface area contributed by atoms with E-state index >= 15 is 0 Å². The number of phenols is 1. The molecular formula is C24H19ClO2. The van der Waals surface area contributed by atoms with E-state index in [1.54, 1.807) is 6.07 Å². The lowest BCUT2D eigenvalue weighted by atomic mass is 9.93. The van der Waals surface area contributed by atoms with Crippen molar-refractivity contribution in [3.8, 4) is 16.9 Å². The van der Waals surface area contributed by atoms with Crippen LogP contribution in [0.4, 0.5) is 0 Å². The molecule has 0 aromatic heterocycles. The van der Waals surface area contributed by atoms with Gasteiger partial charge in [0, 0.05) is 17.0 Å². The summed E-state index contributed by atoms with van der Waals surface area (Å²) < 4.78 is 0. The molecule has 134 valence electrons. The zero-order valence-corrected chi connectivity index (χ0v) is 15.4. The molecule has 27 heavy (non-hydrogen) atoms. The summed E-state index contributed by atoms with van der Waals surface area (Å²) in [7, 11) is 0. The van der Waals surface area contributed by atoms with Crippen LogP contribution in [0.2, 0.25) is 5.02 Å². The second kappa shape index (κ2) is 7.43. The number of benzene rings is 4. The van der Waals surface area contributed by atoms with E-state index in [2.05, 4.69) is 0 Å². The summed E-state index contributed by atoms with van der Waals surface area (Å²) in [5.74, 6) is 0.273. The molecule has 0 amide bonds. The van der Waals surface area contributed by atoms with Crippen molar-refractivity contribution < 1.29 is 10.2 Å². The Morgan fingerprint density at radius 2 is 1.44 bits per heavy atom. The first-order valence-corrected chi connectivity index (χ1v) is 9.22. The van der Waals surface area contributed by atoms with Crippen LogP contribution in [0, 0.1) is 0 Å². The molecule has 4 aromatic carbocycles. The number of fused-ring (bicyclic) bond motifs is 1. The van der Waals surface area contributed by atoms with Crippen molar-refractivity contribution in [3.63, 3.8) is 0 Å². The zero-order valence-electron chi connectivity index (χ0n) is 14.7. The lowest BCUT2D eigenvalue weighted by Crippen LogP contribution is -1.93. The quantitative estimate of drug-likeness (QED) is 0.463. The topological polar surface area (TPSA) is 40.5 Å². The van der Waals surface area contributed by atoms with Crippen LogP contribution in [0.15, 0.2) is 78.9 Å². The molecule has 0 aliphatic carbocycles. The molecule has 0 saturated heterocycles. The van der Waals surface area contributed by atoms with Crippen molar-refractivity contribution in [2.24, 2.45) is 0 Å². The average Bonchev–Trinajstić information content (AvgIpc) is 2.70. The van der Waals surface area contributed by atoms with E-state index < -0.39 is 0 Å². The van der Waals surface area contributed by atoms with Crippen molar-refractivity contribution in [3.05, 3.63) is 101 Å². The van der Waals surface area contributed by atoms with Crippen LogP contribution in [0.25, 0.3) is 21.9 Å². The summed E-state index contributed by atoms with van der Waals surface area (Å²) in [5.41, 5.74) is 4.66. The van der Waals surface area contributed by atoms with Gasteiger partial charge >= 0.3 is 0 Å². The van der Waals surface area contributed by atoms with Gasteiger partial charge in [0.2, 0.25) is 0 Å². The molecule has 0 spiro atoms. The fourth-order valence-electron chi connectivity index (χ4n) is 3.54. The van der Waals surface area contributed by atoms with Gasteiger partial charge in [0.05, 0.1) is 6.61 Å². The maximum Gasteiger partial charge on any atom is 0.119 e. The van der Waals surface area contributed by atoms with Crippen LogP contribution < -0.4 is 0 Å². The van der Waals surface area contributed by atoms with Gasteiger partial charge in [-0.25, -0.2) is 0 Å². The summed E-state index contributed by atoms with van der Waals surface area (Å²) >= 11 is 6.60. The Hall–Kier alpha value is -2.81. The number of halogens is 1. The number of aliphatic hydroxyl groups excluding tert-OH is 1. The fourth-order valence-corrected chi connectivity index (χ4v) is 3.88. The van der Waals surface area contributed by atoms with Gasteiger partial charge in [-0.3, -0.25) is 0 Å². The molecule has 4 aromatic rings. The molecule has 0 fully saturated rings. The Kier molecular flexibility index (Phi) is 4.85. The molecule has 0 unspecified atom stereocenters. The minimum atomic E-state index is -0.0602. The minimum absolute atomic E-state index is 0.0602. The summed E-state index contributed by atoms with van der Waals surface area (Å²) in [4.78, 5) is 0. The van der Waals surface area contributed by atoms with Gasteiger partial charge in [-0.1, -0.05) is 72.3 Å². The van der Waals surface area contributed by atoms with Gasteiger partial charge in [0.1, 0.15) is 5.75 Å². The van der Waals surface area contributed by atoms with E-state index in [1.807, 2.05) is 72.8 Å². The van der Waals surface area contributed by atoms with Gasteiger partial charge in [0.25, 0.3) is 0 Å². The Bertz CT molecular complexity index is 1100. The Labute approximate surface area is 163 Å². The molecule has 3 heteroatoms. The number of rotatable bonds is 4. The van der Waals surface area contributed by atoms with Crippen LogP contribution in [0.1, 0.15) is 16.7 Å². The fraction of sp³-hybridized carbons (Fsp3) is 0.0833. The molecule has 0 saturated carbocycles. The van der Waals surface area contributed by atoms with Crippen LogP contribution in [-0.2, 0) is 13.0 Å². The number of aromatic hydroxyl groups is 1. The second-order valence-electron chi connectivity index (χ2n) is 6.60. The SMILES string of the molecule is OCc1cc(Cl)c(-c2ccc(O)c(Cc3ccccc3)c2)c2ccccc12. The van der Waals surface area contributed by atoms with Crippen molar-refractivity contribution in [2.45, 2.75) is 13.0 Å². The lowest BCUT2D eigenvalue weighted by Gasteiger charge is -2.14. The number of aliphatic hydroxyl groups is 1. The van der Waals surface area contributed by atoms with Crippen molar-refractivity contribution >= 4 is 22.4 Å². The van der Waals surface area contributed by atoms with E-state index in [0.717, 1.165) is 38.6 Å². The smallest absolute Gasteiger partial charge is 0.119 e. The van der Waals surface area contributed by atoms with E-state index in [1.165, 1.54) is 0 Å². The third kappa shape index (κ3) is 3.42. The number of hydrogen-bond donors (Lipinski definition) is 2. The van der Waals surface area contributed by atoms with Crippen molar-refractivity contribution in [2.75, 3.05) is 0 Å². The van der Waals surface area contributed by atoms with Crippen molar-refractivity contribution in [1.82, 2.24) is 0 Å². The normalized spacial score (nSPS) is 11.0. The summed E-state index contributed by atoms with van der Waals surface area (Å²) in [6.07, 6.45) is 0.644. The van der Waals surface area contributed by atoms with Crippen LogP contribution >= 0.6 is 11.6 Å². The van der Waals surface area contributed by atoms with Crippen LogP contribution in [-0.4, -0.2) is 10.2 Å². The molecule has 2 nitrogen and oxygen atoms in total. The summed E-state index contributed by atoms with van der Waals surface area (Å²) in [6.45, 7) is -0.0602. The van der Waals surface area contributed by atoms with Crippen molar-refractivity contribution in [1.29, 1.82) is 0 Å². The molecule has 2 N–H and O–H groups in total. The van der Waals surface area contributed by atoms with E-state index in [-0.39, 0.29) is 12.4 Å². The summed E-state index contributed by atoms with van der Waals surface area (Å²) in [6, 6.07) is 25.4. The monoisotopic (exact) mass is 374 g/mol. The third-order valence-corrected chi connectivity index (χ3v) is 5.16. The highest BCUT2D eigenvalue weighted by molar-refractivity contribution is 6.35. The second-order valence-corrected chi connectivity index (χ2v) is 7.01. The zero-order chi connectivity index (χ0) is 18.8. The van der Waals surface area contributed by atoms with Gasteiger partial charge in [-0.05, 0) is 51.2 Å². The van der Waals surface area contributed by atoms with Gasteiger partial charge < -0.3 is 10.2 Å².